The van der Waals surface area contributed by atoms with Crippen LogP contribution in [-0.2, 0) is 60.7 Å². The Hall–Kier alpha value is -6.75. The minimum atomic E-state index is -1.22. The highest BCUT2D eigenvalue weighted by Crippen LogP contribution is 2.33. The van der Waals surface area contributed by atoms with Crippen molar-refractivity contribution in [1.29, 1.82) is 0 Å². The highest BCUT2D eigenvalue weighted by atomic mass is 32.1. The summed E-state index contributed by atoms with van der Waals surface area (Å²) in [5.41, 5.74) is 0.940. The lowest BCUT2D eigenvalue weighted by Crippen LogP contribution is -2.63. The van der Waals surface area contributed by atoms with Crippen LogP contribution in [0.25, 0.3) is 0 Å². The molecule has 0 spiro atoms. The fraction of sp³-hybridized carbons (Fsp3) is 0.627. The van der Waals surface area contributed by atoms with Gasteiger partial charge in [-0.25, -0.2) is 9.78 Å². The maximum absolute atomic E-state index is 15.0. The number of anilines is 1. The van der Waals surface area contributed by atoms with E-state index in [4.69, 9.17) is 23.9 Å². The predicted molar refractivity (Wildman–Crippen MR) is 344 cm³/mol. The molecule has 6 N–H and O–H groups in total. The highest BCUT2D eigenvalue weighted by Gasteiger charge is 2.44. The van der Waals surface area contributed by atoms with Gasteiger partial charge in [0.25, 0.3) is 11.8 Å². The molecule has 1 saturated heterocycles. The third-order valence-corrected chi connectivity index (χ3v) is 16.8. The average molecular weight is 1260 g/mol. The lowest BCUT2D eigenvalue weighted by Gasteiger charge is -2.44. The number of likely N-dealkylation sites (tertiary alicyclic amines) is 1. The van der Waals surface area contributed by atoms with E-state index in [1.165, 1.54) is 13.0 Å². The van der Waals surface area contributed by atoms with Crippen LogP contribution in [0.3, 0.4) is 0 Å². The molecule has 4 rings (SSSR count). The number of ether oxygens (including phenoxy) is 4. The van der Waals surface area contributed by atoms with Crippen LogP contribution < -0.4 is 26.6 Å². The predicted octanol–water partition coefficient (Wildman–Crippen LogP) is 9.33. The van der Waals surface area contributed by atoms with Gasteiger partial charge in [-0.05, 0) is 109 Å². The number of piperidine rings is 1. The highest BCUT2D eigenvalue weighted by molar-refractivity contribution is 7.09. The monoisotopic (exact) mass is 1260 g/mol. The molecule has 0 bridgehead atoms. The quantitative estimate of drug-likeness (QED) is 0.0112. The van der Waals surface area contributed by atoms with Crippen LogP contribution in [0.5, 0.6) is 0 Å². The minimum Gasteiger partial charge on any atom is -0.461 e. The Morgan fingerprint density at radius 1 is 0.820 bits per heavy atom. The summed E-state index contributed by atoms with van der Waals surface area (Å²) in [6, 6.07) is 12.4. The van der Waals surface area contributed by atoms with Crippen molar-refractivity contribution in [2.45, 2.75) is 221 Å². The second kappa shape index (κ2) is 34.4. The van der Waals surface area contributed by atoms with Gasteiger partial charge in [0, 0.05) is 61.9 Å². The number of alkyl carbamates (subject to hydrolysis) is 1. The Bertz CT molecular complexity index is 2820. The largest absolute Gasteiger partial charge is 0.461 e. The second-order valence-electron chi connectivity index (χ2n) is 26.7. The number of hydrogen-bond donors (Lipinski definition) is 6. The van der Waals surface area contributed by atoms with E-state index < -0.39 is 102 Å². The number of thiazole rings is 1. The first-order valence-corrected chi connectivity index (χ1v) is 32.2. The van der Waals surface area contributed by atoms with E-state index in [1.807, 2.05) is 77.2 Å². The number of nitrogens with zero attached hydrogens (tertiary/aromatic N) is 3. The first-order chi connectivity index (χ1) is 41.6. The molecule has 6 amide bonds. The number of rotatable bonds is 32. The summed E-state index contributed by atoms with van der Waals surface area (Å²) < 4.78 is 22.7. The van der Waals surface area contributed by atoms with Crippen LogP contribution in [0.15, 0.2) is 72.6 Å². The summed E-state index contributed by atoms with van der Waals surface area (Å²) in [5.74, 6) is -4.43. The Balaban J connectivity index is 1.51. The number of esters is 2. The zero-order valence-corrected chi connectivity index (χ0v) is 56.4. The lowest BCUT2D eigenvalue weighted by atomic mass is 9.92. The van der Waals surface area contributed by atoms with Gasteiger partial charge in [0.05, 0.1) is 25.1 Å². The summed E-state index contributed by atoms with van der Waals surface area (Å²) in [6.45, 7) is 29.8. The molecule has 3 aromatic rings. The SMILES string of the molecule is C=CCOC(=O)[C@@H](C)C[C@H](Cc1ccccc1)NC(=O)c1csc([C@@H](C[C@H](C(C)C)N(C)C(=O)[C@@H](NC(=O)[C@H]2CCCC[N+]2(C)Cc2ccc(NC(=O)[C@H](CCC(O)OC(C)(C)C)NC(=O)[C@@H](NC(=O)OC(C)(C)C)C(C)C)cc2)[C@@H](C)CC)OC(C)=O)n1. The standard InChI is InChI=1S/C67H102N8O13S/c1-18-35-85-64(83)44(8)36-49(37-46-25-21-20-22-26-46)69-59(79)51-40-89-62(71-51)54(86-45(9)76)38-52(41(3)4)74(16)63(82)57(43(7)19-2)72-60(80)53-27-23-24-34-75(53,17)39-47-28-30-48(31-29-47)68-58(78)50(32-33-55(77)87-66(10,11)12)70-61(81)56(42(5)6)73-65(84)88-67(13,14)15/h18,20-22,25-26,28-31,40-44,49-50,52-57,77H,1,19,23-24,27,32-39H2,2-17H3,(H4-,68,69,70,72,73,78,79,80,81,84)/p+1/t43-,44-,49+,50-,52+,53+,54+,55?,56-,57-,75?/m0/s1. The number of carbonyl (C=O) groups excluding carboxylic acids is 8. The van der Waals surface area contributed by atoms with E-state index in [0.717, 1.165) is 35.3 Å². The van der Waals surface area contributed by atoms with E-state index in [9.17, 15) is 43.5 Å². The van der Waals surface area contributed by atoms with Gasteiger partial charge in [-0.3, -0.25) is 33.6 Å². The molecule has 1 aliphatic heterocycles. The average Bonchev–Trinajstić information content (AvgIpc) is 3.20. The zero-order chi connectivity index (χ0) is 66.6. The van der Waals surface area contributed by atoms with Crippen LogP contribution in [0.1, 0.15) is 181 Å². The van der Waals surface area contributed by atoms with Crippen LogP contribution in [0.4, 0.5) is 10.5 Å². The number of aliphatic hydroxyl groups excluding tert-OH is 1. The number of hydrogen-bond acceptors (Lipinski definition) is 15. The first kappa shape index (κ1) is 74.7. The van der Waals surface area contributed by atoms with Crippen molar-refractivity contribution >= 4 is 64.6 Å². The Morgan fingerprint density at radius 2 is 1.48 bits per heavy atom. The molecule has 21 nitrogen and oxygen atoms in total. The molecular formula is C67H103N8O13S+. The third kappa shape index (κ3) is 24.5. The number of nitrogens with one attached hydrogen (secondary N) is 5. The number of quaternary nitrogens is 1. The minimum absolute atomic E-state index is 0.00770. The van der Waals surface area contributed by atoms with Crippen molar-refractivity contribution in [3.8, 4) is 0 Å². The summed E-state index contributed by atoms with van der Waals surface area (Å²) in [5, 5.41) is 27.3. The molecule has 2 heterocycles. The van der Waals surface area contributed by atoms with Crippen molar-refractivity contribution in [2.24, 2.45) is 23.7 Å². The molecule has 494 valence electrons. The van der Waals surface area contributed by atoms with Crippen molar-refractivity contribution in [1.82, 2.24) is 31.2 Å². The first-order valence-electron chi connectivity index (χ1n) is 31.4. The van der Waals surface area contributed by atoms with Gasteiger partial charge in [-0.2, -0.15) is 0 Å². The number of likely N-dealkylation sites (N-methyl/N-ethyl adjacent to an activating group) is 2. The van der Waals surface area contributed by atoms with Crippen molar-refractivity contribution in [3.05, 3.63) is 94.5 Å². The number of aliphatic hydroxyl groups is 1. The van der Waals surface area contributed by atoms with Gasteiger partial charge in [0.1, 0.15) is 47.6 Å². The van der Waals surface area contributed by atoms with Crippen molar-refractivity contribution < 1.29 is 66.9 Å². The van der Waals surface area contributed by atoms with E-state index in [2.05, 4.69) is 33.2 Å². The smallest absolute Gasteiger partial charge is 0.408 e. The molecule has 2 aromatic carbocycles. The summed E-state index contributed by atoms with van der Waals surface area (Å²) >= 11 is 1.16. The summed E-state index contributed by atoms with van der Waals surface area (Å²) in [7, 11) is 3.75. The van der Waals surface area contributed by atoms with Gasteiger partial charge in [-0.1, -0.05) is 110 Å². The van der Waals surface area contributed by atoms with Crippen molar-refractivity contribution in [3.63, 3.8) is 0 Å². The number of carbonyl (C=O) groups is 8. The lowest BCUT2D eigenvalue weighted by molar-refractivity contribution is -0.942. The molecular weight excluding hydrogens is 1160 g/mol. The Morgan fingerprint density at radius 3 is 2.07 bits per heavy atom. The molecule has 0 radical (unpaired) electrons. The van der Waals surface area contributed by atoms with E-state index in [-0.39, 0.29) is 61.1 Å². The fourth-order valence-corrected chi connectivity index (χ4v) is 11.8. The molecule has 1 aromatic heterocycles. The third-order valence-electron chi connectivity index (χ3n) is 15.9. The van der Waals surface area contributed by atoms with E-state index in [0.29, 0.717) is 54.0 Å². The summed E-state index contributed by atoms with van der Waals surface area (Å²) in [6.07, 6.45) is 2.37. The van der Waals surface area contributed by atoms with Gasteiger partial charge >= 0.3 is 18.0 Å². The van der Waals surface area contributed by atoms with Gasteiger partial charge in [0.2, 0.25) is 17.7 Å². The molecule has 0 saturated carbocycles. The molecule has 1 fully saturated rings. The molecule has 11 atom stereocenters. The normalized spacial score (nSPS) is 18.3. The van der Waals surface area contributed by atoms with Crippen LogP contribution >= 0.6 is 11.3 Å². The Labute approximate surface area is 532 Å². The molecule has 22 heteroatoms. The second-order valence-corrected chi connectivity index (χ2v) is 27.6. The molecule has 0 aliphatic carbocycles. The Kier molecular flexibility index (Phi) is 28.9. The number of aromatic nitrogens is 1. The fourth-order valence-electron chi connectivity index (χ4n) is 11.0. The number of amides is 6. The van der Waals surface area contributed by atoms with Crippen molar-refractivity contribution in [2.75, 3.05) is 32.6 Å². The molecule has 1 aliphatic rings. The van der Waals surface area contributed by atoms with E-state index in [1.54, 1.807) is 91.8 Å². The van der Waals surface area contributed by atoms with Crippen LogP contribution in [0, 0.1) is 23.7 Å². The van der Waals surface area contributed by atoms with Gasteiger partial charge in [0.15, 0.2) is 18.4 Å². The van der Waals surface area contributed by atoms with Crippen LogP contribution in [-0.4, -0.2) is 148 Å². The maximum atomic E-state index is 15.0. The van der Waals surface area contributed by atoms with Gasteiger partial charge in [-0.15, -0.1) is 11.3 Å². The maximum Gasteiger partial charge on any atom is 0.408 e. The topological polar surface area (TPSA) is 270 Å². The summed E-state index contributed by atoms with van der Waals surface area (Å²) in [4.78, 5) is 116. The zero-order valence-electron chi connectivity index (χ0n) is 55.6. The molecule has 2 unspecified atom stereocenters. The van der Waals surface area contributed by atoms with E-state index >= 15 is 0 Å². The van der Waals surface area contributed by atoms with Crippen LogP contribution in [0.2, 0.25) is 0 Å². The number of benzene rings is 2. The molecule has 89 heavy (non-hydrogen) atoms. The van der Waals surface area contributed by atoms with Gasteiger partial charge < -0.3 is 60.0 Å².